The molecule has 2 unspecified atom stereocenters. The van der Waals surface area contributed by atoms with Crippen LogP contribution in [0.3, 0.4) is 0 Å². The van der Waals surface area contributed by atoms with Crippen molar-refractivity contribution in [3.05, 3.63) is 30.3 Å². The van der Waals surface area contributed by atoms with Crippen molar-refractivity contribution in [2.45, 2.75) is 42.4 Å². The van der Waals surface area contributed by atoms with Gasteiger partial charge in [0.2, 0.25) is 5.91 Å². The second kappa shape index (κ2) is 8.55. The first kappa shape index (κ1) is 17.3. The van der Waals surface area contributed by atoms with Crippen LogP contribution in [-0.4, -0.2) is 23.7 Å². The average molecular weight is 315 g/mol. The van der Waals surface area contributed by atoms with Gasteiger partial charge in [-0.3, -0.25) is 4.79 Å². The van der Waals surface area contributed by atoms with Gasteiger partial charge >= 0.3 is 0 Å². The van der Waals surface area contributed by atoms with E-state index in [9.17, 15) is 4.79 Å². The van der Waals surface area contributed by atoms with Gasteiger partial charge in [0.15, 0.2) is 0 Å². The number of amides is 1. The molecule has 1 saturated carbocycles. The van der Waals surface area contributed by atoms with E-state index in [1.165, 1.54) is 12.8 Å². The van der Waals surface area contributed by atoms with Gasteiger partial charge in [-0.1, -0.05) is 25.1 Å². The lowest BCUT2D eigenvalue weighted by molar-refractivity contribution is -0.120. The summed E-state index contributed by atoms with van der Waals surface area (Å²) in [6.45, 7) is 2.65. The zero-order valence-corrected chi connectivity index (χ0v) is 13.4. The molecule has 1 aromatic carbocycles. The van der Waals surface area contributed by atoms with Crippen molar-refractivity contribution in [1.82, 2.24) is 5.32 Å². The van der Waals surface area contributed by atoms with Crippen molar-refractivity contribution in [3.8, 4) is 0 Å². The number of carbonyl (C=O) groups is 1. The molecule has 1 aliphatic carbocycles. The van der Waals surface area contributed by atoms with Gasteiger partial charge in [0.1, 0.15) is 0 Å². The Hall–Kier alpha value is -0.710. The average Bonchev–Trinajstić information content (AvgIpc) is 3.27. The first-order valence-corrected chi connectivity index (χ1v) is 7.83. The molecule has 1 aliphatic rings. The largest absolute Gasteiger partial charge is 0.354 e. The minimum absolute atomic E-state index is 0. The summed E-state index contributed by atoms with van der Waals surface area (Å²) in [6.07, 6.45) is 3.25. The van der Waals surface area contributed by atoms with Gasteiger partial charge in [-0.15, -0.1) is 24.2 Å². The number of nitrogens with two attached hydrogens (primary N) is 1. The molecule has 0 aliphatic heterocycles. The lowest BCUT2D eigenvalue weighted by atomic mass is 10.2. The van der Waals surface area contributed by atoms with Gasteiger partial charge in [0.05, 0.1) is 5.25 Å². The maximum atomic E-state index is 12.1. The molecule has 3 nitrogen and oxygen atoms in total. The summed E-state index contributed by atoms with van der Waals surface area (Å²) in [7, 11) is 0. The van der Waals surface area contributed by atoms with Crippen LogP contribution in [0.15, 0.2) is 35.2 Å². The Morgan fingerprint density at radius 3 is 2.60 bits per heavy atom. The molecule has 1 amide bonds. The molecule has 0 bridgehead atoms. The van der Waals surface area contributed by atoms with E-state index < -0.39 is 0 Å². The van der Waals surface area contributed by atoms with Crippen LogP contribution in [0.25, 0.3) is 0 Å². The third-order valence-corrected chi connectivity index (χ3v) is 4.80. The molecule has 1 aromatic rings. The predicted octanol–water partition coefficient (Wildman–Crippen LogP) is 2.83. The van der Waals surface area contributed by atoms with Crippen LogP contribution in [-0.2, 0) is 4.79 Å². The van der Waals surface area contributed by atoms with Crippen molar-refractivity contribution in [2.75, 3.05) is 6.54 Å². The lowest BCUT2D eigenvalue weighted by Gasteiger charge is -2.17. The minimum atomic E-state index is -0.0335. The number of nitrogens with one attached hydrogen (secondary N) is 1. The van der Waals surface area contributed by atoms with E-state index in [4.69, 9.17) is 5.73 Å². The quantitative estimate of drug-likeness (QED) is 0.761. The number of carbonyl (C=O) groups excluding carboxylic acids is 1. The fourth-order valence-corrected chi connectivity index (χ4v) is 3.01. The monoisotopic (exact) mass is 314 g/mol. The number of hydrogen-bond donors (Lipinski definition) is 2. The summed E-state index contributed by atoms with van der Waals surface area (Å²) in [5.41, 5.74) is 6.00. The number of thioether (sulfide) groups is 1. The Bertz CT molecular complexity index is 412. The van der Waals surface area contributed by atoms with Crippen molar-refractivity contribution >= 4 is 30.1 Å². The summed E-state index contributed by atoms with van der Waals surface area (Å²) in [6, 6.07) is 10.2. The second-order valence-corrected chi connectivity index (χ2v) is 6.35. The summed E-state index contributed by atoms with van der Waals surface area (Å²) < 4.78 is 0. The fourth-order valence-electron chi connectivity index (χ4n) is 2.01. The third-order valence-electron chi connectivity index (χ3n) is 3.42. The molecule has 0 heterocycles. The topological polar surface area (TPSA) is 55.1 Å². The molecule has 0 radical (unpaired) electrons. The van der Waals surface area contributed by atoms with Crippen molar-refractivity contribution in [1.29, 1.82) is 0 Å². The summed E-state index contributed by atoms with van der Waals surface area (Å²) in [4.78, 5) is 13.3. The first-order chi connectivity index (χ1) is 9.20. The molecule has 0 spiro atoms. The summed E-state index contributed by atoms with van der Waals surface area (Å²) in [5, 5.41) is 2.96. The van der Waals surface area contributed by atoms with Crippen LogP contribution in [0.5, 0.6) is 0 Å². The molecular weight excluding hydrogens is 292 g/mol. The van der Waals surface area contributed by atoms with Crippen LogP contribution in [0.1, 0.15) is 26.2 Å². The highest BCUT2D eigenvalue weighted by molar-refractivity contribution is 8.00. The Morgan fingerprint density at radius 2 is 2.05 bits per heavy atom. The third kappa shape index (κ3) is 5.35. The Morgan fingerprint density at radius 1 is 1.40 bits per heavy atom. The van der Waals surface area contributed by atoms with Crippen LogP contribution in [0, 0.1) is 5.92 Å². The fraction of sp³-hybridized carbons (Fsp3) is 0.533. The highest BCUT2D eigenvalue weighted by atomic mass is 35.5. The van der Waals surface area contributed by atoms with Crippen LogP contribution >= 0.6 is 24.2 Å². The summed E-state index contributed by atoms with van der Waals surface area (Å²) in [5.74, 6) is 0.731. The molecule has 3 N–H and O–H groups in total. The number of rotatable bonds is 7. The lowest BCUT2D eigenvalue weighted by Crippen LogP contribution is -2.41. The van der Waals surface area contributed by atoms with E-state index in [1.54, 1.807) is 11.8 Å². The van der Waals surface area contributed by atoms with Gasteiger partial charge in [-0.05, 0) is 37.3 Å². The normalized spacial score (nSPS) is 16.9. The zero-order chi connectivity index (χ0) is 13.7. The maximum absolute atomic E-state index is 12.1. The van der Waals surface area contributed by atoms with E-state index in [0.29, 0.717) is 12.5 Å². The molecule has 20 heavy (non-hydrogen) atoms. The van der Waals surface area contributed by atoms with Gasteiger partial charge in [-0.25, -0.2) is 0 Å². The molecule has 0 aromatic heterocycles. The number of benzene rings is 1. The van der Waals surface area contributed by atoms with Gasteiger partial charge in [0, 0.05) is 17.5 Å². The Kier molecular flexibility index (Phi) is 7.41. The van der Waals surface area contributed by atoms with Gasteiger partial charge in [0.25, 0.3) is 0 Å². The molecule has 2 rings (SSSR count). The van der Waals surface area contributed by atoms with E-state index in [0.717, 1.165) is 11.3 Å². The second-order valence-electron chi connectivity index (χ2n) is 5.07. The number of hydrogen-bond acceptors (Lipinski definition) is 3. The SMILES string of the molecule is CCC(Sc1ccccc1)C(=O)NCC(N)C1CC1.Cl. The molecule has 2 atom stereocenters. The summed E-state index contributed by atoms with van der Waals surface area (Å²) >= 11 is 1.62. The zero-order valence-electron chi connectivity index (χ0n) is 11.7. The smallest absolute Gasteiger partial charge is 0.233 e. The highest BCUT2D eigenvalue weighted by Crippen LogP contribution is 2.31. The van der Waals surface area contributed by atoms with Crippen LogP contribution in [0.2, 0.25) is 0 Å². The standard InChI is InChI=1S/C15H22N2OS.ClH/c1-2-14(19-12-6-4-3-5-7-12)15(18)17-10-13(16)11-8-9-11;/h3-7,11,13-14H,2,8-10,16H2,1H3,(H,17,18);1H. The van der Waals surface area contributed by atoms with Crippen molar-refractivity contribution in [2.24, 2.45) is 11.7 Å². The van der Waals surface area contributed by atoms with Gasteiger partial charge < -0.3 is 11.1 Å². The first-order valence-electron chi connectivity index (χ1n) is 6.95. The molecule has 0 saturated heterocycles. The van der Waals surface area contributed by atoms with E-state index >= 15 is 0 Å². The minimum Gasteiger partial charge on any atom is -0.354 e. The van der Waals surface area contributed by atoms with E-state index in [-0.39, 0.29) is 29.6 Å². The Labute approximate surface area is 131 Å². The molecule has 1 fully saturated rings. The van der Waals surface area contributed by atoms with Crippen molar-refractivity contribution < 1.29 is 4.79 Å². The van der Waals surface area contributed by atoms with E-state index in [1.807, 2.05) is 37.3 Å². The highest BCUT2D eigenvalue weighted by Gasteiger charge is 2.29. The number of halogens is 1. The molecule has 112 valence electrons. The Balaban J connectivity index is 0.00000200. The molecule has 5 heteroatoms. The maximum Gasteiger partial charge on any atom is 0.233 e. The van der Waals surface area contributed by atoms with E-state index in [2.05, 4.69) is 5.32 Å². The van der Waals surface area contributed by atoms with Crippen LogP contribution < -0.4 is 11.1 Å². The van der Waals surface area contributed by atoms with Crippen molar-refractivity contribution in [3.63, 3.8) is 0 Å². The van der Waals surface area contributed by atoms with Gasteiger partial charge in [-0.2, -0.15) is 0 Å². The van der Waals surface area contributed by atoms with Crippen LogP contribution in [0.4, 0.5) is 0 Å². The molecular formula is C15H23ClN2OS. The predicted molar refractivity (Wildman–Crippen MR) is 87.3 cm³/mol.